The van der Waals surface area contributed by atoms with Gasteiger partial charge in [0.1, 0.15) is 10.4 Å². The van der Waals surface area contributed by atoms with Crippen LogP contribution in [0.25, 0.3) is 12.2 Å². The lowest BCUT2D eigenvalue weighted by atomic mass is 10.2. The number of ether oxygens (including phenoxy) is 3. The molecule has 0 saturated carbocycles. The third kappa shape index (κ3) is 5.77. The van der Waals surface area contributed by atoms with Crippen LogP contribution in [0.2, 0.25) is 5.02 Å². The van der Waals surface area contributed by atoms with Crippen molar-refractivity contribution in [3.05, 3.63) is 66.5 Å². The van der Waals surface area contributed by atoms with E-state index in [1.165, 1.54) is 36.2 Å². The minimum Gasteiger partial charge on any atom is -0.495 e. The lowest BCUT2D eigenvalue weighted by Crippen LogP contribution is -2.29. The fourth-order valence-electron chi connectivity index (χ4n) is 3.06. The predicted octanol–water partition coefficient (Wildman–Crippen LogP) is 3.15. The van der Waals surface area contributed by atoms with Crippen LogP contribution in [-0.2, 0) is 11.8 Å². The predicted molar refractivity (Wildman–Crippen MR) is 132 cm³/mol. The Morgan fingerprint density at radius 3 is 2.52 bits per heavy atom. The molecule has 0 spiro atoms. The molecule has 1 amide bonds. The highest BCUT2D eigenvalue weighted by molar-refractivity contribution is 7.07. The van der Waals surface area contributed by atoms with Crippen molar-refractivity contribution in [2.24, 2.45) is 7.05 Å². The molecule has 0 atom stereocenters. The molecule has 0 bridgehead atoms. The van der Waals surface area contributed by atoms with E-state index in [9.17, 15) is 9.59 Å². The summed E-state index contributed by atoms with van der Waals surface area (Å²) in [4.78, 5) is 25.3. The van der Waals surface area contributed by atoms with E-state index >= 15 is 0 Å². The highest BCUT2D eigenvalue weighted by Gasteiger charge is 2.13. The monoisotopic (exact) mass is 488 g/mol. The number of benzene rings is 2. The number of aromatic nitrogens is 1. The Kier molecular flexibility index (Phi) is 7.84. The van der Waals surface area contributed by atoms with E-state index in [-0.39, 0.29) is 17.6 Å². The van der Waals surface area contributed by atoms with E-state index in [4.69, 9.17) is 25.8 Å². The molecule has 0 aliphatic heterocycles. The number of hydrogen-bond donors (Lipinski definition) is 1. The molecule has 1 aromatic heterocycles. The molecule has 1 heterocycles. The van der Waals surface area contributed by atoms with Crippen LogP contribution < -0.4 is 34.3 Å². The Hall–Kier alpha value is -3.23. The van der Waals surface area contributed by atoms with E-state index in [0.717, 1.165) is 0 Å². The van der Waals surface area contributed by atoms with Crippen LogP contribution in [0.15, 0.2) is 41.2 Å². The van der Waals surface area contributed by atoms with Crippen LogP contribution in [0.5, 0.6) is 17.2 Å². The zero-order valence-corrected chi connectivity index (χ0v) is 20.5. The summed E-state index contributed by atoms with van der Waals surface area (Å²) < 4.78 is 18.8. The second kappa shape index (κ2) is 10.6. The fourth-order valence-corrected chi connectivity index (χ4v) is 4.36. The van der Waals surface area contributed by atoms with Gasteiger partial charge >= 0.3 is 0 Å². The van der Waals surface area contributed by atoms with Gasteiger partial charge in [0.15, 0.2) is 11.5 Å². The van der Waals surface area contributed by atoms with Crippen molar-refractivity contribution in [3.8, 4) is 17.2 Å². The van der Waals surface area contributed by atoms with Crippen molar-refractivity contribution in [1.29, 1.82) is 0 Å². The van der Waals surface area contributed by atoms with Crippen LogP contribution in [0, 0.1) is 0 Å². The summed E-state index contributed by atoms with van der Waals surface area (Å²) in [6.07, 6.45) is 3.01. The number of hydrogen-bond acceptors (Lipinski definition) is 6. The van der Waals surface area contributed by atoms with Crippen LogP contribution in [0.4, 0.5) is 5.69 Å². The summed E-state index contributed by atoms with van der Waals surface area (Å²) in [7, 11) is 4.67. The van der Waals surface area contributed by atoms with Crippen molar-refractivity contribution in [1.82, 2.24) is 4.57 Å². The average Bonchev–Trinajstić information content (AvgIpc) is 3.03. The lowest BCUT2D eigenvalue weighted by molar-refractivity contribution is -0.110. The summed E-state index contributed by atoms with van der Waals surface area (Å²) in [5.41, 5.74) is 0.992. The Bertz CT molecular complexity index is 1340. The lowest BCUT2D eigenvalue weighted by Gasteiger charge is -2.15. The summed E-state index contributed by atoms with van der Waals surface area (Å²) in [5.74, 6) is 1.10. The van der Waals surface area contributed by atoms with Gasteiger partial charge in [0.05, 0.1) is 35.6 Å². The van der Waals surface area contributed by atoms with Gasteiger partial charge in [-0.2, -0.15) is 0 Å². The van der Waals surface area contributed by atoms with E-state index in [1.54, 1.807) is 43.5 Å². The normalized spacial score (nSPS) is 12.2. The summed E-state index contributed by atoms with van der Waals surface area (Å²) in [6, 6.07) is 10.6. The minimum atomic E-state index is -0.372. The van der Waals surface area contributed by atoms with Crippen molar-refractivity contribution in [2.45, 2.75) is 20.0 Å². The van der Waals surface area contributed by atoms with Gasteiger partial charge in [-0.05, 0) is 49.8 Å². The molecule has 1 N–H and O–H groups in total. The topological polar surface area (TPSA) is 78.8 Å². The number of nitrogens with one attached hydrogen (secondary N) is 1. The summed E-state index contributed by atoms with van der Waals surface area (Å²) >= 11 is 7.59. The number of nitrogens with zero attached hydrogens (tertiary/aromatic N) is 1. The second-order valence-corrected chi connectivity index (χ2v) is 8.82. The molecule has 3 rings (SSSR count). The Morgan fingerprint density at radius 2 is 1.85 bits per heavy atom. The van der Waals surface area contributed by atoms with Crippen molar-refractivity contribution >= 4 is 46.7 Å². The molecule has 0 radical (unpaired) electrons. The van der Waals surface area contributed by atoms with Crippen molar-refractivity contribution < 1.29 is 19.0 Å². The number of anilines is 1. The van der Waals surface area contributed by atoms with Gasteiger partial charge in [0, 0.05) is 13.1 Å². The molecule has 7 nitrogen and oxygen atoms in total. The summed E-state index contributed by atoms with van der Waals surface area (Å²) in [5, 5.41) is 3.15. The maximum atomic E-state index is 12.8. The Morgan fingerprint density at radius 1 is 1.15 bits per heavy atom. The minimum absolute atomic E-state index is 0.0732. The van der Waals surface area contributed by atoms with Crippen LogP contribution >= 0.6 is 22.9 Å². The molecule has 2 aromatic carbocycles. The molecule has 0 aliphatic carbocycles. The molecule has 0 saturated heterocycles. The highest BCUT2D eigenvalue weighted by atomic mass is 35.5. The largest absolute Gasteiger partial charge is 0.495 e. The van der Waals surface area contributed by atoms with Gasteiger partial charge in [-0.15, -0.1) is 11.3 Å². The fraction of sp³-hybridized carbons (Fsp3) is 0.250. The highest BCUT2D eigenvalue weighted by Crippen LogP contribution is 2.37. The van der Waals surface area contributed by atoms with Crippen molar-refractivity contribution in [3.63, 3.8) is 0 Å². The van der Waals surface area contributed by atoms with E-state index in [0.29, 0.717) is 42.7 Å². The van der Waals surface area contributed by atoms with Crippen LogP contribution in [-0.4, -0.2) is 30.8 Å². The second-order valence-electron chi connectivity index (χ2n) is 7.35. The van der Waals surface area contributed by atoms with E-state index < -0.39 is 0 Å². The number of para-hydroxylation sites is 2. The molecular formula is C24H25ClN2O5S. The summed E-state index contributed by atoms with van der Waals surface area (Å²) in [6.45, 7) is 3.79. The van der Waals surface area contributed by atoms with Gasteiger partial charge < -0.3 is 24.1 Å². The van der Waals surface area contributed by atoms with Gasteiger partial charge in [-0.1, -0.05) is 23.7 Å². The average molecular weight is 489 g/mol. The van der Waals surface area contributed by atoms with Crippen LogP contribution in [0.3, 0.4) is 0 Å². The van der Waals surface area contributed by atoms with Gasteiger partial charge in [-0.3, -0.25) is 9.59 Å². The first-order valence-corrected chi connectivity index (χ1v) is 11.3. The molecule has 9 heteroatoms. The number of carbonyl (C=O) groups excluding carboxylic acids is 1. The number of thiazole rings is 1. The first kappa shape index (κ1) is 24.4. The van der Waals surface area contributed by atoms with Crippen molar-refractivity contribution in [2.75, 3.05) is 19.5 Å². The van der Waals surface area contributed by atoms with E-state index in [1.807, 2.05) is 19.9 Å². The number of rotatable bonds is 7. The quantitative estimate of drug-likeness (QED) is 0.552. The van der Waals surface area contributed by atoms with E-state index in [2.05, 4.69) is 5.32 Å². The smallest absolute Gasteiger partial charge is 0.268 e. The zero-order valence-electron chi connectivity index (χ0n) is 19.0. The molecule has 3 aromatic rings. The number of amides is 1. The number of methoxy groups -OCH3 is 2. The molecule has 33 heavy (non-hydrogen) atoms. The first-order chi connectivity index (χ1) is 15.7. The molecule has 0 aliphatic rings. The molecule has 0 fully saturated rings. The van der Waals surface area contributed by atoms with Gasteiger partial charge in [0.25, 0.3) is 11.5 Å². The zero-order chi connectivity index (χ0) is 24.1. The third-order valence-electron chi connectivity index (χ3n) is 4.58. The molecule has 174 valence electrons. The standard InChI is InChI=1S/C24H25ClN2O5S/c1-14(2)32-23-16(25)10-15(11-19(23)31-5)12-20-24(29)27(3)22(33-20)13-21(28)26-17-8-6-7-9-18(17)30-4/h6-14H,1-5H3,(H,26,28)/b20-12-,22-13-. The third-order valence-corrected chi connectivity index (χ3v) is 5.98. The Balaban J connectivity index is 1.98. The molecular weight excluding hydrogens is 464 g/mol. The number of halogens is 1. The SMILES string of the molecule is COc1ccccc1NC(=O)/C=c1\s/c(=C\c2cc(Cl)c(OC(C)C)c(OC)c2)c(=O)n1C. The van der Waals surface area contributed by atoms with Crippen LogP contribution in [0.1, 0.15) is 19.4 Å². The number of carbonyl (C=O) groups is 1. The maximum Gasteiger partial charge on any atom is 0.268 e. The molecule has 0 unspecified atom stereocenters. The van der Waals surface area contributed by atoms with Gasteiger partial charge in [-0.25, -0.2) is 0 Å². The maximum absolute atomic E-state index is 12.8. The first-order valence-electron chi connectivity index (χ1n) is 10.1. The van der Waals surface area contributed by atoms with Gasteiger partial charge in [0.2, 0.25) is 0 Å². The Labute approximate surface area is 200 Å².